The molecule has 0 radical (unpaired) electrons. The van der Waals surface area contributed by atoms with E-state index in [1.54, 1.807) is 7.05 Å². The molecule has 1 aromatic heterocycles. The smallest absolute Gasteiger partial charge is 0.326 e. The first-order valence-corrected chi connectivity index (χ1v) is 9.66. The summed E-state index contributed by atoms with van der Waals surface area (Å²) in [5.41, 5.74) is 2.03. The summed E-state index contributed by atoms with van der Waals surface area (Å²) in [6, 6.07) is 12.6. The second-order valence-corrected chi connectivity index (χ2v) is 7.45. The number of aliphatic carboxylic acids is 1. The van der Waals surface area contributed by atoms with Gasteiger partial charge < -0.3 is 14.9 Å². The van der Waals surface area contributed by atoms with Crippen molar-refractivity contribution in [3.05, 3.63) is 59.8 Å². The Labute approximate surface area is 165 Å². The van der Waals surface area contributed by atoms with E-state index >= 15 is 0 Å². The van der Waals surface area contributed by atoms with Crippen LogP contribution in [0.25, 0.3) is 0 Å². The van der Waals surface area contributed by atoms with Gasteiger partial charge in [-0.05, 0) is 37.0 Å². The van der Waals surface area contributed by atoms with Gasteiger partial charge in [0.2, 0.25) is 5.91 Å². The number of carbonyl (C=O) groups is 2. The molecular formula is C22H27N3O3. The number of amides is 1. The van der Waals surface area contributed by atoms with Crippen LogP contribution in [0.15, 0.2) is 48.7 Å². The van der Waals surface area contributed by atoms with Crippen molar-refractivity contribution in [1.29, 1.82) is 0 Å². The lowest BCUT2D eigenvalue weighted by atomic mass is 9.94. The standard InChI is InChI=1S/C22H27N3O3/c1-16-8-9-20(23-15-16)25-12-10-18(11-13-25)21(26)24(2)19(22(27)28)14-17-6-4-3-5-7-17/h3-9,15,18-19H,10-14H2,1-2H3,(H,27,28). The van der Waals surface area contributed by atoms with Gasteiger partial charge in [-0.1, -0.05) is 36.4 Å². The molecule has 0 bridgehead atoms. The summed E-state index contributed by atoms with van der Waals surface area (Å²) in [6.45, 7) is 3.50. The summed E-state index contributed by atoms with van der Waals surface area (Å²) in [4.78, 5) is 32.8. The van der Waals surface area contributed by atoms with Gasteiger partial charge in [0.1, 0.15) is 11.9 Å². The Morgan fingerprint density at radius 1 is 1.18 bits per heavy atom. The molecule has 1 unspecified atom stereocenters. The van der Waals surface area contributed by atoms with Crippen molar-refractivity contribution in [3.63, 3.8) is 0 Å². The molecule has 6 nitrogen and oxygen atoms in total. The predicted octanol–water partition coefficient (Wildman–Crippen LogP) is 2.76. The van der Waals surface area contributed by atoms with E-state index in [0.29, 0.717) is 19.3 Å². The summed E-state index contributed by atoms with van der Waals surface area (Å²) in [5, 5.41) is 9.65. The normalized spacial score (nSPS) is 15.9. The molecule has 3 rings (SSSR count). The van der Waals surface area contributed by atoms with Gasteiger partial charge >= 0.3 is 5.97 Å². The fourth-order valence-electron chi connectivity index (χ4n) is 3.67. The molecular weight excluding hydrogens is 354 g/mol. The molecule has 0 saturated carbocycles. The highest BCUT2D eigenvalue weighted by atomic mass is 16.4. The van der Waals surface area contributed by atoms with Gasteiger partial charge in [0, 0.05) is 38.7 Å². The molecule has 2 heterocycles. The van der Waals surface area contributed by atoms with Crippen LogP contribution in [0.4, 0.5) is 5.82 Å². The summed E-state index contributed by atoms with van der Waals surface area (Å²) >= 11 is 0. The van der Waals surface area contributed by atoms with Gasteiger partial charge in [-0.15, -0.1) is 0 Å². The molecule has 1 saturated heterocycles. The Bertz CT molecular complexity index is 800. The monoisotopic (exact) mass is 381 g/mol. The van der Waals surface area contributed by atoms with Crippen LogP contribution in [0.3, 0.4) is 0 Å². The molecule has 1 aliphatic heterocycles. The van der Waals surface area contributed by atoms with E-state index in [0.717, 1.165) is 30.0 Å². The Morgan fingerprint density at radius 2 is 1.86 bits per heavy atom. The lowest BCUT2D eigenvalue weighted by Gasteiger charge is -2.35. The van der Waals surface area contributed by atoms with Crippen LogP contribution in [0.1, 0.15) is 24.0 Å². The number of carboxylic acid groups (broad SMARTS) is 1. The maximum Gasteiger partial charge on any atom is 0.326 e. The first-order chi connectivity index (χ1) is 13.5. The Hall–Kier alpha value is -2.89. The van der Waals surface area contributed by atoms with E-state index < -0.39 is 12.0 Å². The fraction of sp³-hybridized carbons (Fsp3) is 0.409. The molecule has 1 atom stereocenters. The number of rotatable bonds is 6. The predicted molar refractivity (Wildman–Crippen MR) is 108 cm³/mol. The molecule has 148 valence electrons. The molecule has 1 aromatic carbocycles. The minimum absolute atomic E-state index is 0.0835. The summed E-state index contributed by atoms with van der Waals surface area (Å²) in [7, 11) is 1.61. The average molecular weight is 381 g/mol. The van der Waals surface area contributed by atoms with Crippen molar-refractivity contribution >= 4 is 17.7 Å². The Balaban J connectivity index is 1.61. The van der Waals surface area contributed by atoms with Gasteiger partial charge in [0.05, 0.1) is 0 Å². The van der Waals surface area contributed by atoms with Crippen LogP contribution in [-0.4, -0.2) is 53.0 Å². The molecule has 1 N–H and O–H groups in total. The van der Waals surface area contributed by atoms with Crippen LogP contribution in [0.5, 0.6) is 0 Å². The highest BCUT2D eigenvalue weighted by Gasteiger charge is 2.33. The van der Waals surface area contributed by atoms with Crippen molar-refractivity contribution < 1.29 is 14.7 Å². The maximum atomic E-state index is 13.0. The third-order valence-electron chi connectivity index (χ3n) is 5.44. The van der Waals surface area contributed by atoms with Crippen LogP contribution in [0, 0.1) is 12.8 Å². The van der Waals surface area contributed by atoms with E-state index in [9.17, 15) is 14.7 Å². The van der Waals surface area contributed by atoms with Crippen molar-refractivity contribution in [2.45, 2.75) is 32.2 Å². The third-order valence-corrected chi connectivity index (χ3v) is 5.44. The number of carboxylic acids is 1. The van der Waals surface area contributed by atoms with E-state index in [4.69, 9.17) is 0 Å². The maximum absolute atomic E-state index is 13.0. The average Bonchev–Trinajstić information content (AvgIpc) is 2.72. The zero-order valence-electron chi connectivity index (χ0n) is 16.4. The molecule has 1 fully saturated rings. The van der Waals surface area contributed by atoms with Crippen LogP contribution >= 0.6 is 0 Å². The van der Waals surface area contributed by atoms with Gasteiger partial charge in [-0.2, -0.15) is 0 Å². The minimum atomic E-state index is -0.971. The molecule has 1 aliphatic rings. The molecule has 28 heavy (non-hydrogen) atoms. The van der Waals surface area contributed by atoms with Crippen molar-refractivity contribution in [1.82, 2.24) is 9.88 Å². The largest absolute Gasteiger partial charge is 0.480 e. The van der Waals surface area contributed by atoms with E-state index in [1.807, 2.05) is 55.6 Å². The molecule has 1 amide bonds. The second-order valence-electron chi connectivity index (χ2n) is 7.45. The van der Waals surface area contributed by atoms with E-state index in [1.165, 1.54) is 4.90 Å². The van der Waals surface area contributed by atoms with Crippen molar-refractivity contribution in [2.24, 2.45) is 5.92 Å². The number of nitrogens with zero attached hydrogens (tertiary/aromatic N) is 3. The number of hydrogen-bond acceptors (Lipinski definition) is 4. The number of benzene rings is 1. The molecule has 6 heteroatoms. The topological polar surface area (TPSA) is 73.7 Å². The van der Waals surface area contributed by atoms with Crippen molar-refractivity contribution in [2.75, 3.05) is 25.0 Å². The lowest BCUT2D eigenvalue weighted by Crippen LogP contribution is -2.48. The van der Waals surface area contributed by atoms with Gasteiger partial charge in [-0.25, -0.2) is 9.78 Å². The number of pyridine rings is 1. The third kappa shape index (κ3) is 4.68. The van der Waals surface area contributed by atoms with E-state index in [-0.39, 0.29) is 11.8 Å². The van der Waals surface area contributed by atoms with Gasteiger partial charge in [-0.3, -0.25) is 4.79 Å². The van der Waals surface area contributed by atoms with Crippen LogP contribution in [0.2, 0.25) is 0 Å². The van der Waals surface area contributed by atoms with Crippen molar-refractivity contribution in [3.8, 4) is 0 Å². The minimum Gasteiger partial charge on any atom is -0.480 e. The lowest BCUT2D eigenvalue weighted by molar-refractivity contribution is -0.151. The molecule has 2 aromatic rings. The number of hydrogen-bond donors (Lipinski definition) is 1. The second kappa shape index (κ2) is 8.87. The summed E-state index contributed by atoms with van der Waals surface area (Å²) in [6.07, 6.45) is 3.57. The fourth-order valence-corrected chi connectivity index (χ4v) is 3.67. The number of aryl methyl sites for hydroxylation is 1. The zero-order chi connectivity index (χ0) is 20.1. The first-order valence-electron chi connectivity index (χ1n) is 9.66. The van der Waals surface area contributed by atoms with Crippen LogP contribution in [-0.2, 0) is 16.0 Å². The van der Waals surface area contributed by atoms with Gasteiger partial charge in [0.25, 0.3) is 0 Å². The SMILES string of the molecule is Cc1ccc(N2CCC(C(=O)N(C)C(Cc3ccccc3)C(=O)O)CC2)nc1. The summed E-state index contributed by atoms with van der Waals surface area (Å²) in [5.74, 6) is -0.275. The highest BCUT2D eigenvalue weighted by molar-refractivity contribution is 5.85. The molecule has 0 spiro atoms. The molecule has 0 aliphatic carbocycles. The number of anilines is 1. The zero-order valence-corrected chi connectivity index (χ0v) is 16.4. The Morgan fingerprint density at radius 3 is 2.43 bits per heavy atom. The van der Waals surface area contributed by atoms with Crippen LogP contribution < -0.4 is 4.90 Å². The van der Waals surface area contributed by atoms with Gasteiger partial charge in [0.15, 0.2) is 0 Å². The van der Waals surface area contributed by atoms with E-state index in [2.05, 4.69) is 9.88 Å². The quantitative estimate of drug-likeness (QED) is 0.833. The Kier molecular flexibility index (Phi) is 6.29. The summed E-state index contributed by atoms with van der Waals surface area (Å²) < 4.78 is 0. The number of likely N-dealkylation sites (N-methyl/N-ethyl adjacent to an activating group) is 1. The number of piperidine rings is 1. The highest BCUT2D eigenvalue weighted by Crippen LogP contribution is 2.24. The first kappa shape index (κ1) is 19.9. The number of carbonyl (C=O) groups excluding carboxylic acids is 1. The number of aromatic nitrogens is 1.